The standard InChI is InChI=1S/C22H20N4O3/c27-22(26-9-3-5-15-4-1-2-6-18(15)26)17-13-21(24-14-23-17)25-16-7-8-19-20(12-16)29-11-10-28-19/h1-2,4,6-8,12-14H,3,5,9-11H2,(H,23,24,25). The molecule has 1 amide bonds. The van der Waals surface area contributed by atoms with Crippen molar-refractivity contribution in [1.29, 1.82) is 0 Å². The Balaban J connectivity index is 1.38. The van der Waals surface area contributed by atoms with Crippen LogP contribution in [0.4, 0.5) is 17.2 Å². The van der Waals surface area contributed by atoms with Gasteiger partial charge in [0, 0.05) is 30.1 Å². The smallest absolute Gasteiger partial charge is 0.277 e. The number of carbonyl (C=O) groups is 1. The Morgan fingerprint density at radius 3 is 2.79 bits per heavy atom. The fourth-order valence-corrected chi connectivity index (χ4v) is 3.69. The van der Waals surface area contributed by atoms with Gasteiger partial charge in [-0.15, -0.1) is 0 Å². The normalized spacial score (nSPS) is 14.8. The first-order valence-electron chi connectivity index (χ1n) is 9.66. The maximum absolute atomic E-state index is 13.1. The second kappa shape index (κ2) is 7.43. The number of para-hydroxylation sites is 1. The van der Waals surface area contributed by atoms with Gasteiger partial charge in [0.05, 0.1) is 0 Å². The molecule has 29 heavy (non-hydrogen) atoms. The van der Waals surface area contributed by atoms with Gasteiger partial charge in [-0.3, -0.25) is 4.79 Å². The van der Waals surface area contributed by atoms with E-state index in [9.17, 15) is 4.79 Å². The van der Waals surface area contributed by atoms with E-state index in [0.29, 0.717) is 37.0 Å². The van der Waals surface area contributed by atoms with Gasteiger partial charge in [-0.2, -0.15) is 0 Å². The van der Waals surface area contributed by atoms with Crippen LogP contribution in [0.3, 0.4) is 0 Å². The van der Waals surface area contributed by atoms with Crippen LogP contribution in [0, 0.1) is 0 Å². The lowest BCUT2D eigenvalue weighted by molar-refractivity contribution is 0.0980. The van der Waals surface area contributed by atoms with Crippen molar-refractivity contribution < 1.29 is 14.3 Å². The average Bonchev–Trinajstić information content (AvgIpc) is 2.78. The molecule has 1 N–H and O–H groups in total. The predicted octanol–water partition coefficient (Wildman–Crippen LogP) is 3.58. The molecule has 7 nitrogen and oxygen atoms in total. The molecule has 0 spiro atoms. The molecule has 7 heteroatoms. The number of aromatic nitrogens is 2. The highest BCUT2D eigenvalue weighted by molar-refractivity contribution is 6.05. The van der Waals surface area contributed by atoms with Gasteiger partial charge in [-0.1, -0.05) is 18.2 Å². The summed E-state index contributed by atoms with van der Waals surface area (Å²) in [6.07, 6.45) is 3.33. The Morgan fingerprint density at radius 2 is 1.86 bits per heavy atom. The maximum Gasteiger partial charge on any atom is 0.277 e. The number of nitrogens with one attached hydrogen (secondary N) is 1. The van der Waals surface area contributed by atoms with Crippen molar-refractivity contribution in [2.75, 3.05) is 30.0 Å². The Hall–Kier alpha value is -3.61. The van der Waals surface area contributed by atoms with Crippen LogP contribution in [0.25, 0.3) is 0 Å². The molecule has 0 unspecified atom stereocenters. The molecule has 0 saturated heterocycles. The summed E-state index contributed by atoms with van der Waals surface area (Å²) in [7, 11) is 0. The zero-order chi connectivity index (χ0) is 19.6. The topological polar surface area (TPSA) is 76.6 Å². The van der Waals surface area contributed by atoms with Crippen LogP contribution in [0.5, 0.6) is 11.5 Å². The van der Waals surface area contributed by atoms with Gasteiger partial charge >= 0.3 is 0 Å². The molecule has 5 rings (SSSR count). The molecule has 146 valence electrons. The van der Waals surface area contributed by atoms with Crippen LogP contribution in [-0.4, -0.2) is 35.6 Å². The molecule has 0 bridgehead atoms. The Morgan fingerprint density at radius 1 is 1.00 bits per heavy atom. The summed E-state index contributed by atoms with van der Waals surface area (Å²) in [5.41, 5.74) is 3.31. The molecule has 3 aromatic rings. The Kier molecular flexibility index (Phi) is 4.48. The highest BCUT2D eigenvalue weighted by atomic mass is 16.6. The average molecular weight is 388 g/mol. The number of benzene rings is 2. The molecule has 0 fully saturated rings. The van der Waals surface area contributed by atoms with E-state index in [1.807, 2.05) is 36.4 Å². The van der Waals surface area contributed by atoms with Crippen molar-refractivity contribution in [2.24, 2.45) is 0 Å². The molecule has 0 aliphatic carbocycles. The van der Waals surface area contributed by atoms with E-state index in [1.165, 1.54) is 11.9 Å². The van der Waals surface area contributed by atoms with E-state index in [2.05, 4.69) is 21.4 Å². The molecule has 3 heterocycles. The fraction of sp³-hybridized carbons (Fsp3) is 0.227. The zero-order valence-corrected chi connectivity index (χ0v) is 15.8. The van der Waals surface area contributed by atoms with E-state index >= 15 is 0 Å². The van der Waals surface area contributed by atoms with Crippen molar-refractivity contribution in [3.63, 3.8) is 0 Å². The minimum absolute atomic E-state index is 0.121. The summed E-state index contributed by atoms with van der Waals surface area (Å²) in [5, 5.41) is 3.21. The lowest BCUT2D eigenvalue weighted by atomic mass is 10.0. The van der Waals surface area contributed by atoms with Crippen LogP contribution >= 0.6 is 0 Å². The van der Waals surface area contributed by atoms with E-state index < -0.39 is 0 Å². The molecular weight excluding hydrogens is 368 g/mol. The largest absolute Gasteiger partial charge is 0.486 e. The summed E-state index contributed by atoms with van der Waals surface area (Å²) in [5.74, 6) is 1.84. The number of nitrogens with zero attached hydrogens (tertiary/aromatic N) is 3. The SMILES string of the molecule is O=C(c1cc(Nc2ccc3c(c2)OCCO3)ncn1)N1CCCc2ccccc21. The van der Waals surface area contributed by atoms with Crippen molar-refractivity contribution in [3.05, 3.63) is 66.1 Å². The van der Waals surface area contributed by atoms with E-state index in [0.717, 1.165) is 30.0 Å². The first-order valence-corrected chi connectivity index (χ1v) is 9.66. The lowest BCUT2D eigenvalue weighted by Gasteiger charge is -2.29. The Labute approximate surface area is 168 Å². The number of anilines is 3. The van der Waals surface area contributed by atoms with Crippen molar-refractivity contribution >= 4 is 23.1 Å². The van der Waals surface area contributed by atoms with Crippen LogP contribution < -0.4 is 19.7 Å². The third-order valence-corrected chi connectivity index (χ3v) is 5.06. The molecule has 0 radical (unpaired) electrons. The summed E-state index contributed by atoms with van der Waals surface area (Å²) < 4.78 is 11.2. The predicted molar refractivity (Wildman–Crippen MR) is 109 cm³/mol. The monoisotopic (exact) mass is 388 g/mol. The molecule has 2 aliphatic heterocycles. The number of aryl methyl sites for hydroxylation is 1. The van der Waals surface area contributed by atoms with Gasteiger partial charge in [0.1, 0.15) is 31.1 Å². The molecular formula is C22H20N4O3. The third-order valence-electron chi connectivity index (χ3n) is 5.06. The lowest BCUT2D eigenvalue weighted by Crippen LogP contribution is -2.36. The number of fused-ring (bicyclic) bond motifs is 2. The van der Waals surface area contributed by atoms with Crippen molar-refractivity contribution in [1.82, 2.24) is 9.97 Å². The Bertz CT molecular complexity index is 1070. The summed E-state index contributed by atoms with van der Waals surface area (Å²) in [4.78, 5) is 23.4. The van der Waals surface area contributed by atoms with Crippen LogP contribution in [0.2, 0.25) is 0 Å². The van der Waals surface area contributed by atoms with Gasteiger partial charge in [0.15, 0.2) is 11.5 Å². The number of amides is 1. The quantitative estimate of drug-likeness (QED) is 0.739. The van der Waals surface area contributed by atoms with Crippen LogP contribution in [0.15, 0.2) is 54.9 Å². The minimum Gasteiger partial charge on any atom is -0.486 e. The highest BCUT2D eigenvalue weighted by Crippen LogP contribution is 2.33. The number of carbonyl (C=O) groups excluding carboxylic acids is 1. The van der Waals surface area contributed by atoms with Crippen molar-refractivity contribution in [3.8, 4) is 11.5 Å². The number of hydrogen-bond donors (Lipinski definition) is 1. The van der Waals surface area contributed by atoms with Gasteiger partial charge in [0.25, 0.3) is 5.91 Å². The number of hydrogen-bond acceptors (Lipinski definition) is 6. The number of rotatable bonds is 3. The van der Waals surface area contributed by atoms with E-state index in [-0.39, 0.29) is 5.91 Å². The summed E-state index contributed by atoms with van der Waals surface area (Å²) >= 11 is 0. The van der Waals surface area contributed by atoms with Gasteiger partial charge in [0.2, 0.25) is 0 Å². The van der Waals surface area contributed by atoms with Gasteiger partial charge < -0.3 is 19.7 Å². The highest BCUT2D eigenvalue weighted by Gasteiger charge is 2.24. The second-order valence-electron chi connectivity index (χ2n) is 6.96. The zero-order valence-electron chi connectivity index (χ0n) is 15.8. The first-order chi connectivity index (χ1) is 14.3. The second-order valence-corrected chi connectivity index (χ2v) is 6.96. The third kappa shape index (κ3) is 3.47. The molecule has 2 aliphatic rings. The fourth-order valence-electron chi connectivity index (χ4n) is 3.69. The summed E-state index contributed by atoms with van der Waals surface area (Å²) in [6, 6.07) is 15.3. The molecule has 0 saturated carbocycles. The van der Waals surface area contributed by atoms with Gasteiger partial charge in [-0.05, 0) is 36.6 Å². The molecule has 2 aromatic carbocycles. The summed E-state index contributed by atoms with van der Waals surface area (Å²) in [6.45, 7) is 1.77. The van der Waals surface area contributed by atoms with E-state index in [1.54, 1.807) is 11.0 Å². The van der Waals surface area contributed by atoms with Crippen LogP contribution in [-0.2, 0) is 6.42 Å². The molecule has 1 aromatic heterocycles. The van der Waals surface area contributed by atoms with Crippen LogP contribution in [0.1, 0.15) is 22.5 Å². The van der Waals surface area contributed by atoms with E-state index in [4.69, 9.17) is 9.47 Å². The van der Waals surface area contributed by atoms with Crippen molar-refractivity contribution in [2.45, 2.75) is 12.8 Å². The maximum atomic E-state index is 13.1. The first kappa shape index (κ1) is 17.5. The van der Waals surface area contributed by atoms with Gasteiger partial charge in [-0.25, -0.2) is 9.97 Å². The number of ether oxygens (including phenoxy) is 2. The molecule has 0 atom stereocenters. The minimum atomic E-state index is -0.121.